The van der Waals surface area contributed by atoms with Crippen LogP contribution in [0.1, 0.15) is 90.6 Å². The van der Waals surface area contributed by atoms with E-state index in [1.165, 1.54) is 6.92 Å². The average Bonchev–Trinajstić information content (AvgIpc) is 3.58. The number of rotatable bonds is 10. The van der Waals surface area contributed by atoms with Gasteiger partial charge in [0.25, 0.3) is 0 Å². The van der Waals surface area contributed by atoms with Crippen molar-refractivity contribution in [3.63, 3.8) is 0 Å². The summed E-state index contributed by atoms with van der Waals surface area (Å²) < 4.78 is 43.6. The van der Waals surface area contributed by atoms with Gasteiger partial charge in [-0.3, -0.25) is 9.59 Å². The maximum Gasteiger partial charge on any atom is 0.410 e. The van der Waals surface area contributed by atoms with Crippen LogP contribution < -0.4 is 5.32 Å². The number of cyclic esters (lactones) is 1. The molecule has 5 rings (SSSR count). The van der Waals surface area contributed by atoms with Gasteiger partial charge in [0, 0.05) is 31.5 Å². The first kappa shape index (κ1) is 48.5. The van der Waals surface area contributed by atoms with Crippen molar-refractivity contribution in [1.29, 1.82) is 0 Å². The Kier molecular flexibility index (Phi) is 16.2. The molecule has 62 heavy (non-hydrogen) atoms. The molecule has 342 valence electrons. The molecule has 2 aromatic rings. The smallest absolute Gasteiger partial charge is 0.410 e. The van der Waals surface area contributed by atoms with Crippen molar-refractivity contribution in [2.45, 2.75) is 135 Å². The summed E-state index contributed by atoms with van der Waals surface area (Å²) in [6, 6.07) is 16.4. The van der Waals surface area contributed by atoms with Gasteiger partial charge < -0.3 is 48.3 Å². The molecule has 3 heterocycles. The van der Waals surface area contributed by atoms with Crippen LogP contribution in [0.3, 0.4) is 0 Å². The first-order valence-corrected chi connectivity index (χ1v) is 21.8. The summed E-state index contributed by atoms with van der Waals surface area (Å²) in [5.41, 5.74) is -1.40. The number of carbonyl (C=O) groups excluding carboxylic acids is 5. The number of alkyl carbamates (subject to hydrolysis) is 1. The average molecular weight is 866 g/mol. The molecule has 15 nitrogen and oxygen atoms in total. The van der Waals surface area contributed by atoms with Gasteiger partial charge in [0.1, 0.15) is 25.2 Å². The van der Waals surface area contributed by atoms with E-state index in [2.05, 4.69) is 10.2 Å². The lowest BCUT2D eigenvalue weighted by atomic mass is 9.78. The van der Waals surface area contributed by atoms with Crippen LogP contribution in [0, 0.1) is 23.7 Å². The van der Waals surface area contributed by atoms with E-state index in [-0.39, 0.29) is 50.5 Å². The van der Waals surface area contributed by atoms with Gasteiger partial charge in [0.15, 0.2) is 17.7 Å². The summed E-state index contributed by atoms with van der Waals surface area (Å²) in [4.78, 5) is 72.5. The number of hydrogen-bond acceptors (Lipinski definition) is 13. The van der Waals surface area contributed by atoms with E-state index in [9.17, 15) is 24.0 Å². The van der Waals surface area contributed by atoms with E-state index in [1.807, 2.05) is 71.3 Å². The van der Waals surface area contributed by atoms with E-state index in [0.29, 0.717) is 12.0 Å². The molecule has 5 unspecified atom stereocenters. The molecule has 2 aromatic carbocycles. The van der Waals surface area contributed by atoms with E-state index in [4.69, 9.17) is 33.2 Å². The van der Waals surface area contributed by atoms with E-state index in [1.54, 1.807) is 64.0 Å². The Morgan fingerprint density at radius 2 is 1.58 bits per heavy atom. The van der Waals surface area contributed by atoms with Crippen LogP contribution in [-0.2, 0) is 49.4 Å². The largest absolute Gasteiger partial charge is 0.459 e. The predicted octanol–water partition coefficient (Wildman–Crippen LogP) is 6.41. The normalized spacial score (nSPS) is 34.8. The van der Waals surface area contributed by atoms with Crippen LogP contribution in [0.5, 0.6) is 0 Å². The number of amides is 2. The number of nitrogens with zero attached hydrogens (tertiary/aromatic N) is 2. The standard InChI is InChI=1S/C47H67N3O12/c1-12-37-47(8)39(48-44(54)62-47)32(6)50(45(55)58-26-33-19-15-13-16-20-33)25-28(2)24-46(7,56-11)40(30(4)38(51)31(5)41(52)60-37)61-43-29(3)36(49(9)10)23-35(59-43)27-57-42(53)34-21-17-14-18-22-34/h13-22,28-32,35-37,39-40,43H,12,23-27H2,1-11H3,(H,48,54)/t28-,29?,30+,31?,32-,35?,36?,37-,39-,40-,43?,46-,47-/m1/s1. The monoisotopic (exact) mass is 865 g/mol. The van der Waals surface area contributed by atoms with E-state index >= 15 is 0 Å². The zero-order chi connectivity index (χ0) is 45.5. The second-order valence-electron chi connectivity index (χ2n) is 18.0. The van der Waals surface area contributed by atoms with Crippen LogP contribution >= 0.6 is 0 Å². The Bertz CT molecular complexity index is 1850. The van der Waals surface area contributed by atoms with Gasteiger partial charge >= 0.3 is 24.1 Å². The first-order chi connectivity index (χ1) is 29.3. The minimum atomic E-state index is -1.42. The van der Waals surface area contributed by atoms with Crippen molar-refractivity contribution < 1.29 is 57.1 Å². The van der Waals surface area contributed by atoms with E-state index < -0.39 is 89.6 Å². The number of hydrogen-bond donors (Lipinski definition) is 1. The highest BCUT2D eigenvalue weighted by Crippen LogP contribution is 2.40. The highest BCUT2D eigenvalue weighted by molar-refractivity contribution is 6.00. The zero-order valence-electron chi connectivity index (χ0n) is 38.2. The van der Waals surface area contributed by atoms with Crippen molar-refractivity contribution in [3.05, 3.63) is 71.8 Å². The van der Waals surface area contributed by atoms with Gasteiger partial charge in [-0.15, -0.1) is 0 Å². The highest BCUT2D eigenvalue weighted by atomic mass is 16.7. The molecule has 0 saturated carbocycles. The van der Waals surface area contributed by atoms with Crippen molar-refractivity contribution in [2.75, 3.05) is 34.4 Å². The number of nitrogens with one attached hydrogen (secondary N) is 1. The van der Waals surface area contributed by atoms with Gasteiger partial charge in [-0.1, -0.05) is 76.2 Å². The van der Waals surface area contributed by atoms with Gasteiger partial charge in [0.05, 0.1) is 35.5 Å². The Hall–Kier alpha value is -4.57. The Balaban J connectivity index is 1.51. The molecule has 3 saturated heterocycles. The lowest BCUT2D eigenvalue weighted by Crippen LogP contribution is -2.61. The zero-order valence-corrected chi connectivity index (χ0v) is 38.2. The molecule has 3 aliphatic heterocycles. The Labute approximate surface area is 366 Å². The van der Waals surface area contributed by atoms with Crippen molar-refractivity contribution in [2.24, 2.45) is 23.7 Å². The van der Waals surface area contributed by atoms with E-state index in [0.717, 1.165) is 5.56 Å². The number of esters is 2. The Morgan fingerprint density at radius 1 is 0.935 bits per heavy atom. The third-order valence-electron chi connectivity index (χ3n) is 13.1. The molecule has 15 heteroatoms. The number of fused-ring (bicyclic) bond motifs is 1. The number of ether oxygens (including phenoxy) is 7. The first-order valence-electron chi connectivity index (χ1n) is 21.8. The summed E-state index contributed by atoms with van der Waals surface area (Å²) in [6.07, 6.45) is -3.67. The molecular formula is C47H67N3O12. The van der Waals surface area contributed by atoms with Gasteiger partial charge in [-0.25, -0.2) is 14.4 Å². The minimum absolute atomic E-state index is 0.0143. The van der Waals surface area contributed by atoms with Crippen LogP contribution in [0.4, 0.5) is 9.59 Å². The number of ketones is 1. The lowest BCUT2D eigenvalue weighted by molar-refractivity contribution is -0.286. The van der Waals surface area contributed by atoms with Crippen molar-refractivity contribution >= 4 is 29.9 Å². The van der Waals surface area contributed by atoms with Crippen molar-refractivity contribution in [1.82, 2.24) is 15.1 Å². The fourth-order valence-electron chi connectivity index (χ4n) is 9.47. The fraction of sp³-hybridized carbons (Fsp3) is 0.638. The maximum absolute atomic E-state index is 14.6. The van der Waals surface area contributed by atoms with Crippen LogP contribution in [-0.4, -0.2) is 128 Å². The van der Waals surface area contributed by atoms with Crippen molar-refractivity contribution in [3.8, 4) is 0 Å². The molecule has 13 atom stereocenters. The van der Waals surface area contributed by atoms with Gasteiger partial charge in [-0.2, -0.15) is 0 Å². The molecule has 0 bridgehead atoms. The molecule has 0 aromatic heterocycles. The quantitative estimate of drug-likeness (QED) is 0.158. The topological polar surface area (TPSA) is 168 Å². The highest BCUT2D eigenvalue weighted by Gasteiger charge is 2.57. The number of carbonyl (C=O) groups is 5. The summed E-state index contributed by atoms with van der Waals surface area (Å²) in [7, 11) is 5.48. The predicted molar refractivity (Wildman–Crippen MR) is 229 cm³/mol. The maximum atomic E-state index is 14.6. The number of benzene rings is 2. The van der Waals surface area contributed by atoms with Gasteiger partial charge in [-0.05, 0) is 84.7 Å². The Morgan fingerprint density at radius 3 is 2.19 bits per heavy atom. The van der Waals surface area contributed by atoms with Gasteiger partial charge in [0.2, 0.25) is 0 Å². The summed E-state index contributed by atoms with van der Waals surface area (Å²) in [5.74, 6) is -4.42. The molecule has 0 aliphatic carbocycles. The summed E-state index contributed by atoms with van der Waals surface area (Å²) in [5, 5.41) is 2.88. The molecule has 3 fully saturated rings. The third kappa shape index (κ3) is 11.0. The second-order valence-corrected chi connectivity index (χ2v) is 18.0. The number of Topliss-reactive ketones (excluding diaryl/α,β-unsaturated/α-hetero) is 1. The molecule has 1 N–H and O–H groups in total. The molecular weight excluding hydrogens is 799 g/mol. The summed E-state index contributed by atoms with van der Waals surface area (Å²) >= 11 is 0. The van der Waals surface area contributed by atoms with Crippen LogP contribution in [0.2, 0.25) is 0 Å². The molecule has 0 radical (unpaired) electrons. The SMILES string of the molecule is CC[C@H]1OC(=O)C(C)C(=O)[C@H](C)[C@@H](OC2OC(COC(=O)c3ccccc3)CC(N(C)C)C2C)[C@](C)(OC)C[C@@H](C)CN(C(=O)OCc2ccccc2)[C@H](C)[C@H]2NC(=O)O[C@@]21C. The molecule has 2 amide bonds. The fourth-order valence-corrected chi connectivity index (χ4v) is 9.47. The second kappa shape index (κ2) is 20.7. The molecule has 0 spiro atoms. The van der Waals surface area contributed by atoms with Crippen LogP contribution in [0.15, 0.2) is 60.7 Å². The van der Waals surface area contributed by atoms with Crippen LogP contribution in [0.25, 0.3) is 0 Å². The molecule has 3 aliphatic rings. The number of methoxy groups -OCH3 is 1. The minimum Gasteiger partial charge on any atom is -0.459 e. The summed E-state index contributed by atoms with van der Waals surface area (Å²) in [6.45, 7) is 14.4. The lowest BCUT2D eigenvalue weighted by Gasteiger charge is -2.48. The third-order valence-corrected chi connectivity index (χ3v) is 13.1.